The van der Waals surface area contributed by atoms with Crippen molar-refractivity contribution in [2.24, 2.45) is 41.4 Å². The Morgan fingerprint density at radius 2 is 1.94 bits per heavy atom. The molecule has 5 nitrogen and oxygen atoms in total. The van der Waals surface area contributed by atoms with Crippen molar-refractivity contribution < 1.29 is 19.4 Å². The fourth-order valence-electron chi connectivity index (χ4n) is 7.39. The monoisotopic (exact) mass is 445 g/mol. The van der Waals surface area contributed by atoms with Crippen LogP contribution in [-0.2, 0) is 16.0 Å². The van der Waals surface area contributed by atoms with E-state index >= 15 is 0 Å². The molecule has 1 aromatic rings. The summed E-state index contributed by atoms with van der Waals surface area (Å²) in [5.74, 6) is 1.23. The number of carbonyl (C=O) groups excluding carboxylic acids is 2. The number of ether oxygens (including phenoxy) is 1. The molecule has 2 fully saturated rings. The first-order chi connectivity index (χ1) is 15.9. The van der Waals surface area contributed by atoms with Gasteiger partial charge < -0.3 is 15.2 Å². The zero-order valence-electron chi connectivity index (χ0n) is 18.9. The maximum atomic E-state index is 14.0. The number of hydrogen-bond acceptors (Lipinski definition) is 4. The van der Waals surface area contributed by atoms with Gasteiger partial charge in [0.15, 0.2) is 11.5 Å². The summed E-state index contributed by atoms with van der Waals surface area (Å²) in [4.78, 5) is 26.9. The minimum atomic E-state index is -1.56. The molecule has 7 rings (SSSR count). The zero-order chi connectivity index (χ0) is 22.9. The van der Waals surface area contributed by atoms with Crippen LogP contribution >= 0.6 is 0 Å². The molecule has 0 spiro atoms. The third kappa shape index (κ3) is 3.23. The predicted molar refractivity (Wildman–Crippen MR) is 124 cm³/mol. The molecule has 0 radical (unpaired) electrons. The molecule has 33 heavy (non-hydrogen) atoms. The smallest absolute Gasteiger partial charge is 0.257 e. The van der Waals surface area contributed by atoms with Gasteiger partial charge >= 0.3 is 0 Å². The topological polar surface area (TPSA) is 75.6 Å². The van der Waals surface area contributed by atoms with Crippen LogP contribution in [0.3, 0.4) is 0 Å². The van der Waals surface area contributed by atoms with E-state index in [1.807, 2.05) is 30.3 Å². The normalized spacial score (nSPS) is 43.3. The van der Waals surface area contributed by atoms with E-state index in [1.165, 1.54) is 12.5 Å². The third-order valence-electron chi connectivity index (χ3n) is 8.81. The average Bonchev–Trinajstić information content (AvgIpc) is 3.27. The Balaban J connectivity index is 1.52. The molecule has 1 aromatic carbocycles. The van der Waals surface area contributed by atoms with Gasteiger partial charge in [0.25, 0.3) is 5.91 Å². The highest BCUT2D eigenvalue weighted by atomic mass is 16.5. The maximum absolute atomic E-state index is 14.0. The number of allylic oxidation sites excluding steroid dienone is 3. The number of hydrogen-bond donors (Lipinski definition) is 2. The van der Waals surface area contributed by atoms with Crippen molar-refractivity contribution in [3.8, 4) is 5.75 Å². The summed E-state index contributed by atoms with van der Waals surface area (Å²) in [5.41, 5.74) is -0.628. The lowest BCUT2D eigenvalue weighted by Crippen LogP contribution is -2.45. The molecule has 0 unspecified atom stereocenters. The third-order valence-corrected chi connectivity index (χ3v) is 8.81. The van der Waals surface area contributed by atoms with Gasteiger partial charge in [-0.05, 0) is 60.3 Å². The second-order valence-electron chi connectivity index (χ2n) is 10.8. The van der Waals surface area contributed by atoms with Crippen LogP contribution in [0.25, 0.3) is 0 Å². The highest BCUT2D eigenvalue weighted by Gasteiger charge is 2.59. The Bertz CT molecular complexity index is 1070. The summed E-state index contributed by atoms with van der Waals surface area (Å²) in [5, 5.41) is 13.7. The zero-order valence-corrected chi connectivity index (χ0v) is 18.9. The van der Waals surface area contributed by atoms with E-state index in [2.05, 4.69) is 31.0 Å². The number of fused-ring (bicyclic) bond motifs is 4. The number of nitrogens with one attached hydrogen (secondary N) is 1. The number of amides is 1. The largest absolute Gasteiger partial charge is 0.490 e. The van der Waals surface area contributed by atoms with Crippen LogP contribution in [-0.4, -0.2) is 28.6 Å². The molecule has 3 aliphatic carbocycles. The number of Topliss-reactive ketones (excluding diaryl/α,β-unsaturated/α-hetero) is 1. The molecule has 0 aromatic heterocycles. The minimum absolute atomic E-state index is 0.0337. The molecule has 3 aliphatic heterocycles. The number of carbonyl (C=O) groups is 2. The number of ketones is 1. The van der Waals surface area contributed by atoms with E-state index in [4.69, 9.17) is 4.74 Å². The summed E-state index contributed by atoms with van der Waals surface area (Å²) in [7, 11) is 0. The average molecular weight is 446 g/mol. The predicted octanol–water partition coefficient (Wildman–Crippen LogP) is 3.59. The molecular weight excluding hydrogens is 414 g/mol. The van der Waals surface area contributed by atoms with Crippen molar-refractivity contribution in [2.75, 3.05) is 0 Å². The fraction of sp³-hybridized carbons (Fsp3) is 0.500. The molecule has 172 valence electrons. The highest BCUT2D eigenvalue weighted by Crippen LogP contribution is 2.57. The van der Waals surface area contributed by atoms with E-state index in [1.54, 1.807) is 0 Å². The summed E-state index contributed by atoms with van der Waals surface area (Å²) >= 11 is 0. The first-order valence-electron chi connectivity index (χ1n) is 12.3. The molecule has 9 atom stereocenters. The molecule has 3 heterocycles. The van der Waals surface area contributed by atoms with Gasteiger partial charge in [-0.25, -0.2) is 0 Å². The lowest BCUT2D eigenvalue weighted by molar-refractivity contribution is -0.128. The van der Waals surface area contributed by atoms with Gasteiger partial charge in [0, 0.05) is 24.2 Å². The summed E-state index contributed by atoms with van der Waals surface area (Å²) in [6.45, 7) is 6.33. The highest BCUT2D eigenvalue weighted by molar-refractivity contribution is 6.22. The second-order valence-corrected chi connectivity index (χ2v) is 10.8. The molecule has 6 aliphatic rings. The van der Waals surface area contributed by atoms with Crippen molar-refractivity contribution in [1.29, 1.82) is 0 Å². The van der Waals surface area contributed by atoms with Gasteiger partial charge in [0.1, 0.15) is 11.9 Å². The number of benzene rings is 1. The van der Waals surface area contributed by atoms with Crippen LogP contribution in [0.4, 0.5) is 0 Å². The summed E-state index contributed by atoms with van der Waals surface area (Å²) in [6.07, 6.45) is 11.2. The molecular formula is C28H31NO4. The Morgan fingerprint density at radius 1 is 1.15 bits per heavy atom. The lowest BCUT2D eigenvalue weighted by atomic mass is 9.66. The Labute approximate surface area is 194 Å². The van der Waals surface area contributed by atoms with Crippen molar-refractivity contribution in [3.63, 3.8) is 0 Å². The van der Waals surface area contributed by atoms with Crippen LogP contribution in [0.5, 0.6) is 5.75 Å². The fourth-order valence-corrected chi connectivity index (χ4v) is 7.39. The SMILES string of the molecule is C=C[C@H]1C=C[C@H]2[C@@H]3C[C@H](C)CC[C@H]3[C@@H]3Oc4ccc(cc4)C[C@@]4(O)C=C(C(=O)N4)C(=O)[C@@H]1[C@H]23. The van der Waals surface area contributed by atoms with Crippen LogP contribution in [0.2, 0.25) is 0 Å². The first kappa shape index (κ1) is 20.9. The van der Waals surface area contributed by atoms with Gasteiger partial charge in [-0.2, -0.15) is 0 Å². The number of aliphatic hydroxyl groups is 1. The molecule has 1 amide bonds. The van der Waals surface area contributed by atoms with Gasteiger partial charge in [-0.3, -0.25) is 9.59 Å². The van der Waals surface area contributed by atoms with Crippen LogP contribution in [0, 0.1) is 41.4 Å². The van der Waals surface area contributed by atoms with Gasteiger partial charge in [-0.15, -0.1) is 6.58 Å². The van der Waals surface area contributed by atoms with Crippen molar-refractivity contribution in [1.82, 2.24) is 5.32 Å². The standard InChI is InChI=1S/C28H31NO4/c1-3-17-7-11-19-21-12-15(2)4-10-20(21)26-24(19)23(17)25(30)22-14-28(32,29-27(22)31)13-16-5-8-18(33-26)9-6-16/h3,5-9,11,14-15,17,19-21,23-24,26,32H,1,4,10,12-13H2,2H3,(H,29,31)/t15-,17+,19+,20-,21+,23+,24+,26+,28-/m1/s1. The Hall–Kier alpha value is -2.66. The second kappa shape index (κ2) is 7.42. The van der Waals surface area contributed by atoms with E-state index in [-0.39, 0.29) is 41.6 Å². The van der Waals surface area contributed by atoms with Crippen molar-refractivity contribution in [3.05, 3.63) is 66.3 Å². The summed E-state index contributed by atoms with van der Waals surface area (Å²) < 4.78 is 6.72. The quantitative estimate of drug-likeness (QED) is 0.512. The van der Waals surface area contributed by atoms with E-state index in [0.717, 1.165) is 24.2 Å². The molecule has 4 bridgehead atoms. The van der Waals surface area contributed by atoms with E-state index < -0.39 is 17.6 Å². The van der Waals surface area contributed by atoms with E-state index in [0.29, 0.717) is 17.8 Å². The molecule has 0 saturated heterocycles. The summed E-state index contributed by atoms with van der Waals surface area (Å²) in [6, 6.07) is 7.77. The maximum Gasteiger partial charge on any atom is 0.257 e. The van der Waals surface area contributed by atoms with Gasteiger partial charge in [0.05, 0.1) is 5.57 Å². The first-order valence-corrected chi connectivity index (χ1v) is 12.3. The van der Waals surface area contributed by atoms with Crippen LogP contribution < -0.4 is 10.1 Å². The molecule has 5 heteroatoms. The van der Waals surface area contributed by atoms with Crippen molar-refractivity contribution >= 4 is 11.7 Å². The Morgan fingerprint density at radius 3 is 2.70 bits per heavy atom. The van der Waals surface area contributed by atoms with Gasteiger partial charge in [0.2, 0.25) is 0 Å². The molecule has 2 N–H and O–H groups in total. The lowest BCUT2D eigenvalue weighted by Gasteiger charge is -2.38. The van der Waals surface area contributed by atoms with Crippen LogP contribution in [0.1, 0.15) is 31.7 Å². The van der Waals surface area contributed by atoms with E-state index in [9.17, 15) is 14.7 Å². The van der Waals surface area contributed by atoms with Crippen LogP contribution in [0.15, 0.2) is 60.7 Å². The van der Waals surface area contributed by atoms with Gasteiger partial charge in [-0.1, -0.05) is 43.7 Å². The minimum Gasteiger partial charge on any atom is -0.490 e. The Kier molecular flexibility index (Phi) is 4.70. The molecule has 2 saturated carbocycles. The number of rotatable bonds is 1. The van der Waals surface area contributed by atoms with Crippen molar-refractivity contribution in [2.45, 2.75) is 44.4 Å².